The third-order valence-electron chi connectivity index (χ3n) is 9.32. The molecular formula is C38H38ClFN6O2. The van der Waals surface area contributed by atoms with Crippen LogP contribution in [0.2, 0.25) is 5.02 Å². The van der Waals surface area contributed by atoms with Gasteiger partial charge in [0.1, 0.15) is 17.9 Å². The van der Waals surface area contributed by atoms with Crippen molar-refractivity contribution in [3.63, 3.8) is 0 Å². The van der Waals surface area contributed by atoms with Gasteiger partial charge < -0.3 is 14.6 Å². The zero-order valence-corrected chi connectivity index (χ0v) is 27.9. The quantitative estimate of drug-likeness (QED) is 0.0873. The van der Waals surface area contributed by atoms with E-state index < -0.39 is 0 Å². The highest BCUT2D eigenvalue weighted by molar-refractivity contribution is 6.30. The molecule has 48 heavy (non-hydrogen) atoms. The Morgan fingerprint density at radius 1 is 1.15 bits per heavy atom. The Morgan fingerprint density at radius 2 is 2.02 bits per heavy atom. The molecule has 0 radical (unpaired) electrons. The number of allylic oxidation sites excluding steroid dienone is 4. The van der Waals surface area contributed by atoms with Gasteiger partial charge in [0, 0.05) is 53.6 Å². The molecule has 8 nitrogen and oxygen atoms in total. The predicted octanol–water partition coefficient (Wildman–Crippen LogP) is 7.34. The molecule has 0 amide bonds. The summed E-state index contributed by atoms with van der Waals surface area (Å²) in [6.07, 6.45) is 9.99. The van der Waals surface area contributed by atoms with Crippen LogP contribution in [0, 0.1) is 19.7 Å². The van der Waals surface area contributed by atoms with Crippen molar-refractivity contribution < 1.29 is 13.9 Å². The molecule has 1 saturated heterocycles. The molecule has 5 aromatic rings. The second-order valence-corrected chi connectivity index (χ2v) is 13.0. The van der Waals surface area contributed by atoms with Crippen LogP contribution in [0.5, 0.6) is 0 Å². The lowest BCUT2D eigenvalue weighted by Gasteiger charge is -2.30. The number of halogens is 2. The fourth-order valence-corrected chi connectivity index (χ4v) is 6.68. The molecule has 2 aromatic heterocycles. The molecule has 1 unspecified atom stereocenters. The number of nitrogens with zero attached hydrogens (tertiary/aromatic N) is 4. The van der Waals surface area contributed by atoms with Crippen LogP contribution in [0.1, 0.15) is 35.5 Å². The summed E-state index contributed by atoms with van der Waals surface area (Å²) >= 11 is 5.94. The lowest BCUT2D eigenvalue weighted by molar-refractivity contribution is -0.104. The van der Waals surface area contributed by atoms with Crippen molar-refractivity contribution in [2.24, 2.45) is 0 Å². The van der Waals surface area contributed by atoms with E-state index in [0.717, 1.165) is 107 Å². The summed E-state index contributed by atoms with van der Waals surface area (Å²) in [4.78, 5) is 18.4. The van der Waals surface area contributed by atoms with E-state index >= 15 is 0 Å². The molecular weight excluding hydrogens is 627 g/mol. The number of rotatable bonds is 11. The summed E-state index contributed by atoms with van der Waals surface area (Å²) in [5, 5.41) is 12.5. The number of imidazole rings is 1. The van der Waals surface area contributed by atoms with E-state index in [4.69, 9.17) is 21.3 Å². The van der Waals surface area contributed by atoms with Gasteiger partial charge in [-0.2, -0.15) is 5.10 Å². The van der Waals surface area contributed by atoms with Gasteiger partial charge in [0.25, 0.3) is 0 Å². The number of nitrogens with one attached hydrogen (secondary N) is 2. The Morgan fingerprint density at radius 3 is 2.77 bits per heavy atom. The van der Waals surface area contributed by atoms with Crippen LogP contribution in [0.15, 0.2) is 84.1 Å². The molecule has 0 saturated carbocycles. The number of fused-ring (bicyclic) bond motifs is 2. The Kier molecular flexibility index (Phi) is 9.26. The molecule has 246 valence electrons. The fourth-order valence-electron chi connectivity index (χ4n) is 6.52. The average Bonchev–Trinajstić information content (AvgIpc) is 3.61. The number of carbonyl (C=O) groups excluding carboxylic acids is 1. The number of aromatic nitrogens is 4. The molecule has 1 fully saturated rings. The highest BCUT2D eigenvalue weighted by Crippen LogP contribution is 2.32. The van der Waals surface area contributed by atoms with Crippen molar-refractivity contribution in [1.29, 1.82) is 0 Å². The monoisotopic (exact) mass is 664 g/mol. The second kappa shape index (κ2) is 13.9. The van der Waals surface area contributed by atoms with Gasteiger partial charge in [-0.05, 0) is 97.5 Å². The van der Waals surface area contributed by atoms with E-state index in [1.807, 2.05) is 6.08 Å². The SMILES string of the molecule is Cc1[nH]nc2c(C)cc(-c3ccc4nc(CN5CC=C(/C(=C/C=C\C=O)NCc6ccc(Cl)cc6F)CC5)n(CC5CCO5)c4c3)cc12. The number of hydrogen-bond donors (Lipinski definition) is 2. The highest BCUT2D eigenvalue weighted by Gasteiger charge is 2.24. The van der Waals surface area contributed by atoms with Gasteiger partial charge in [-0.15, -0.1) is 0 Å². The smallest absolute Gasteiger partial charge is 0.142 e. The maximum Gasteiger partial charge on any atom is 0.142 e. The third kappa shape index (κ3) is 6.71. The summed E-state index contributed by atoms with van der Waals surface area (Å²) < 4.78 is 22.7. The van der Waals surface area contributed by atoms with E-state index in [0.29, 0.717) is 23.7 Å². The molecule has 7 rings (SSSR count). The third-order valence-corrected chi connectivity index (χ3v) is 9.56. The maximum atomic E-state index is 14.5. The summed E-state index contributed by atoms with van der Waals surface area (Å²) in [5.74, 6) is 0.668. The lowest BCUT2D eigenvalue weighted by Crippen LogP contribution is -2.34. The van der Waals surface area contributed by atoms with Crippen LogP contribution in [0.3, 0.4) is 0 Å². The van der Waals surface area contributed by atoms with E-state index in [9.17, 15) is 9.18 Å². The molecule has 0 aliphatic carbocycles. The van der Waals surface area contributed by atoms with Crippen molar-refractivity contribution >= 4 is 39.8 Å². The van der Waals surface area contributed by atoms with Crippen LogP contribution >= 0.6 is 11.6 Å². The van der Waals surface area contributed by atoms with Crippen molar-refractivity contribution in [3.8, 4) is 11.1 Å². The van der Waals surface area contributed by atoms with Crippen LogP contribution in [-0.4, -0.2) is 56.7 Å². The van der Waals surface area contributed by atoms with Gasteiger partial charge >= 0.3 is 0 Å². The number of benzene rings is 3. The molecule has 4 heterocycles. The summed E-state index contributed by atoms with van der Waals surface area (Å²) in [7, 11) is 0. The molecule has 3 aromatic carbocycles. The van der Waals surface area contributed by atoms with Crippen molar-refractivity contribution in [3.05, 3.63) is 118 Å². The van der Waals surface area contributed by atoms with E-state index in [-0.39, 0.29) is 11.9 Å². The number of H-pyrrole nitrogens is 1. The molecule has 2 aliphatic rings. The van der Waals surface area contributed by atoms with Gasteiger partial charge in [-0.1, -0.05) is 35.9 Å². The van der Waals surface area contributed by atoms with E-state index in [1.165, 1.54) is 12.1 Å². The largest absolute Gasteiger partial charge is 0.381 e. The van der Waals surface area contributed by atoms with E-state index in [2.05, 4.69) is 75.2 Å². The number of ether oxygens (including phenoxy) is 1. The van der Waals surface area contributed by atoms with Crippen LogP contribution < -0.4 is 5.32 Å². The van der Waals surface area contributed by atoms with Gasteiger partial charge in [-0.3, -0.25) is 14.8 Å². The van der Waals surface area contributed by atoms with Crippen LogP contribution in [-0.2, 0) is 29.2 Å². The first-order valence-corrected chi connectivity index (χ1v) is 16.7. The number of carbonyl (C=O) groups is 1. The zero-order valence-electron chi connectivity index (χ0n) is 27.1. The minimum atomic E-state index is -0.354. The lowest BCUT2D eigenvalue weighted by atomic mass is 9.99. The van der Waals surface area contributed by atoms with Gasteiger partial charge in [-0.25, -0.2) is 9.37 Å². The molecule has 0 spiro atoms. The topological polar surface area (TPSA) is 88.1 Å². The predicted molar refractivity (Wildman–Crippen MR) is 188 cm³/mol. The van der Waals surface area contributed by atoms with Crippen molar-refractivity contribution in [2.75, 3.05) is 19.7 Å². The van der Waals surface area contributed by atoms with Crippen molar-refractivity contribution in [1.82, 2.24) is 30.0 Å². The molecule has 2 N–H and O–H groups in total. The van der Waals surface area contributed by atoms with Crippen molar-refractivity contribution in [2.45, 2.75) is 52.4 Å². The number of aldehydes is 1. The van der Waals surface area contributed by atoms with Gasteiger partial charge in [0.05, 0.1) is 35.7 Å². The Balaban J connectivity index is 1.13. The number of hydrogen-bond acceptors (Lipinski definition) is 6. The molecule has 1 atom stereocenters. The molecule has 2 aliphatic heterocycles. The van der Waals surface area contributed by atoms with Gasteiger partial charge in [0.2, 0.25) is 0 Å². The zero-order chi connectivity index (χ0) is 33.2. The fraction of sp³-hybridized carbons (Fsp3) is 0.289. The minimum Gasteiger partial charge on any atom is -0.381 e. The number of aryl methyl sites for hydroxylation is 2. The number of aromatic amines is 1. The summed E-state index contributed by atoms with van der Waals surface area (Å²) in [6, 6.07) is 15.6. The first-order chi connectivity index (χ1) is 23.4. The van der Waals surface area contributed by atoms with Gasteiger partial charge in [0.15, 0.2) is 0 Å². The average molecular weight is 665 g/mol. The maximum absolute atomic E-state index is 14.5. The van der Waals surface area contributed by atoms with E-state index in [1.54, 1.807) is 18.2 Å². The Bertz CT molecular complexity index is 2090. The summed E-state index contributed by atoms with van der Waals surface area (Å²) in [5.41, 5.74) is 10.1. The first kappa shape index (κ1) is 32.0. The molecule has 10 heteroatoms. The molecule has 0 bridgehead atoms. The first-order valence-electron chi connectivity index (χ1n) is 16.3. The standard InChI is InChI=1S/C38H38ClFN6O2/c1-24-17-29(18-32-25(2)43-44-38(24)32)27-7-9-35-36(19-27)46(22-31-12-16-48-31)37(42-35)23-45-13-10-26(11-14-45)34(5-3-4-15-47)41-21-28-6-8-30(39)20-33(28)40/h3-10,15,17-20,31,41H,11-14,16,21-23H2,1-2H3,(H,43,44)/b4-3-,34-5-. The minimum absolute atomic E-state index is 0.188. The highest BCUT2D eigenvalue weighted by atomic mass is 35.5. The second-order valence-electron chi connectivity index (χ2n) is 12.6. The summed E-state index contributed by atoms with van der Waals surface area (Å²) in [6.45, 7) is 8.30. The normalized spacial score (nSPS) is 17.3. The Labute approximate surface area is 283 Å². The Hall–Kier alpha value is -4.57. The van der Waals surface area contributed by atoms with Crippen LogP contribution in [0.4, 0.5) is 4.39 Å². The van der Waals surface area contributed by atoms with Crippen LogP contribution in [0.25, 0.3) is 33.1 Å².